The molecule has 0 radical (unpaired) electrons. The zero-order valence-electron chi connectivity index (χ0n) is 15.2. The van der Waals surface area contributed by atoms with Crippen LogP contribution in [-0.4, -0.2) is 35.4 Å². The summed E-state index contributed by atoms with van der Waals surface area (Å²) in [5.41, 5.74) is 1.88. The van der Waals surface area contributed by atoms with Gasteiger partial charge in [-0.25, -0.2) is 0 Å². The number of halogens is 2. The van der Waals surface area contributed by atoms with Gasteiger partial charge < -0.3 is 9.47 Å². The van der Waals surface area contributed by atoms with Crippen LogP contribution in [0.1, 0.15) is 11.1 Å². The molecule has 0 N–H and O–H groups in total. The summed E-state index contributed by atoms with van der Waals surface area (Å²) in [6.45, 7) is 2.59. The minimum atomic E-state index is -0.110. The summed E-state index contributed by atoms with van der Waals surface area (Å²) in [4.78, 5) is 14.3. The van der Waals surface area contributed by atoms with E-state index in [-0.39, 0.29) is 5.91 Å². The molecule has 0 spiro atoms. The van der Waals surface area contributed by atoms with Gasteiger partial charge >= 0.3 is 0 Å². The van der Waals surface area contributed by atoms with Crippen LogP contribution in [0.5, 0.6) is 11.5 Å². The highest BCUT2D eigenvalue weighted by Crippen LogP contribution is 2.33. The Kier molecular flexibility index (Phi) is 6.88. The quantitative estimate of drug-likeness (QED) is 0.323. The summed E-state index contributed by atoms with van der Waals surface area (Å²) in [5.74, 6) is 1.06. The van der Waals surface area contributed by atoms with E-state index in [0.29, 0.717) is 44.0 Å². The molecule has 146 valence electrons. The van der Waals surface area contributed by atoms with Crippen molar-refractivity contribution in [1.29, 1.82) is 0 Å². The minimum Gasteiger partial charge on any atom is -0.489 e. The average molecular weight is 454 g/mol. The van der Waals surface area contributed by atoms with Crippen molar-refractivity contribution < 1.29 is 14.3 Å². The number of hydrogen-bond donors (Lipinski definition) is 0. The summed E-state index contributed by atoms with van der Waals surface area (Å²) in [7, 11) is 1.67. The van der Waals surface area contributed by atoms with Gasteiger partial charge in [-0.15, -0.1) is 0 Å². The van der Waals surface area contributed by atoms with E-state index < -0.39 is 0 Å². The highest BCUT2D eigenvalue weighted by Gasteiger charge is 2.28. The molecule has 3 rings (SSSR count). The van der Waals surface area contributed by atoms with E-state index in [2.05, 4.69) is 0 Å². The number of carbonyl (C=O) groups is 1. The Morgan fingerprint density at radius 3 is 2.50 bits per heavy atom. The summed E-state index contributed by atoms with van der Waals surface area (Å²) < 4.78 is 12.1. The van der Waals surface area contributed by atoms with Crippen LogP contribution in [0, 0.1) is 6.92 Å². The first-order valence-corrected chi connectivity index (χ1v) is 10.4. The number of ether oxygens (including phenoxy) is 2. The fourth-order valence-electron chi connectivity index (χ4n) is 2.49. The topological polar surface area (TPSA) is 38.8 Å². The van der Waals surface area contributed by atoms with Gasteiger partial charge in [0, 0.05) is 23.7 Å². The van der Waals surface area contributed by atoms with Gasteiger partial charge in [0.1, 0.15) is 29.0 Å². The van der Waals surface area contributed by atoms with Gasteiger partial charge in [-0.3, -0.25) is 9.69 Å². The molecule has 0 aliphatic carbocycles. The zero-order valence-corrected chi connectivity index (χ0v) is 18.3. The van der Waals surface area contributed by atoms with Crippen LogP contribution in [0.4, 0.5) is 0 Å². The van der Waals surface area contributed by atoms with Crippen LogP contribution in [0.3, 0.4) is 0 Å². The minimum absolute atomic E-state index is 0.110. The van der Waals surface area contributed by atoms with Gasteiger partial charge in [0.05, 0.1) is 9.93 Å². The summed E-state index contributed by atoms with van der Waals surface area (Å²) in [5, 5.41) is 1.04. The predicted molar refractivity (Wildman–Crippen MR) is 120 cm³/mol. The lowest BCUT2D eigenvalue weighted by atomic mass is 10.1. The van der Waals surface area contributed by atoms with Crippen molar-refractivity contribution in [3.63, 3.8) is 0 Å². The smallest absolute Gasteiger partial charge is 0.265 e. The fourth-order valence-corrected chi connectivity index (χ4v) is 3.99. The maximum Gasteiger partial charge on any atom is 0.265 e. The molecule has 0 aromatic heterocycles. The number of thioether (sulfide) groups is 1. The number of hydrogen-bond acceptors (Lipinski definition) is 5. The number of thiocarbonyl (C=S) groups is 1. The van der Waals surface area contributed by atoms with Crippen molar-refractivity contribution in [2.24, 2.45) is 0 Å². The molecule has 1 saturated heterocycles. The molecule has 4 nitrogen and oxygen atoms in total. The molecule has 1 fully saturated rings. The van der Waals surface area contributed by atoms with Crippen LogP contribution in [-0.2, 0) is 4.79 Å². The van der Waals surface area contributed by atoms with Crippen molar-refractivity contribution in [2.75, 3.05) is 20.3 Å². The molecule has 1 heterocycles. The summed E-state index contributed by atoms with van der Waals surface area (Å²) >= 11 is 18.5. The third-order valence-electron chi connectivity index (χ3n) is 3.93. The van der Waals surface area contributed by atoms with Gasteiger partial charge in [0.2, 0.25) is 0 Å². The molecular weight excluding hydrogens is 437 g/mol. The molecule has 1 aliphatic heterocycles. The predicted octanol–water partition coefficient (Wildman–Crippen LogP) is 5.59. The number of nitrogens with zero attached hydrogens (tertiary/aromatic N) is 1. The zero-order chi connectivity index (χ0) is 20.3. The monoisotopic (exact) mass is 453 g/mol. The number of amides is 1. The Bertz CT molecular complexity index is 962. The van der Waals surface area contributed by atoms with Crippen LogP contribution >= 0.6 is 47.2 Å². The van der Waals surface area contributed by atoms with Crippen molar-refractivity contribution in [3.05, 3.63) is 62.5 Å². The SMILES string of the molecule is Cc1ccc(OCCOc2cc(Cl)ccc2Cl)c(/C=C2\SC(=S)N(C)C2=O)c1. The Morgan fingerprint density at radius 1 is 1.11 bits per heavy atom. The molecule has 1 aliphatic rings. The second-order valence-corrected chi connectivity index (χ2v) is 8.57. The maximum absolute atomic E-state index is 12.3. The van der Waals surface area contributed by atoms with E-state index in [1.165, 1.54) is 16.7 Å². The van der Waals surface area contributed by atoms with E-state index >= 15 is 0 Å². The number of carbonyl (C=O) groups excluding carboxylic acids is 1. The lowest BCUT2D eigenvalue weighted by molar-refractivity contribution is -0.121. The number of aryl methyl sites for hydroxylation is 1. The number of likely N-dealkylation sites (N-methyl/N-ethyl adjacent to an activating group) is 1. The fraction of sp³-hybridized carbons (Fsp3) is 0.200. The first kappa shape index (κ1) is 21.0. The lowest BCUT2D eigenvalue weighted by Crippen LogP contribution is -2.22. The molecule has 2 aromatic carbocycles. The van der Waals surface area contributed by atoms with E-state index in [1.54, 1.807) is 31.3 Å². The number of rotatable bonds is 6. The Balaban J connectivity index is 1.69. The molecule has 0 bridgehead atoms. The van der Waals surface area contributed by atoms with Gasteiger partial charge in [-0.2, -0.15) is 0 Å². The Labute approximate surface area is 183 Å². The molecule has 8 heteroatoms. The van der Waals surface area contributed by atoms with Crippen molar-refractivity contribution in [1.82, 2.24) is 4.90 Å². The van der Waals surface area contributed by atoms with E-state index in [0.717, 1.165) is 11.1 Å². The summed E-state index contributed by atoms with van der Waals surface area (Å²) in [6, 6.07) is 10.8. The molecule has 28 heavy (non-hydrogen) atoms. The van der Waals surface area contributed by atoms with Crippen LogP contribution in [0.15, 0.2) is 41.3 Å². The average Bonchev–Trinajstić information content (AvgIpc) is 2.89. The molecule has 0 unspecified atom stereocenters. The van der Waals surface area contributed by atoms with Crippen molar-refractivity contribution >= 4 is 63.5 Å². The van der Waals surface area contributed by atoms with E-state index in [9.17, 15) is 4.79 Å². The summed E-state index contributed by atoms with van der Waals surface area (Å²) in [6.07, 6.45) is 1.81. The molecule has 2 aromatic rings. The van der Waals surface area contributed by atoms with E-state index in [4.69, 9.17) is 44.9 Å². The Morgan fingerprint density at radius 2 is 1.82 bits per heavy atom. The standard InChI is InChI=1S/C20H17Cl2NO3S2/c1-12-3-6-16(13(9-12)10-18-19(24)23(2)20(27)28-18)25-7-8-26-17-11-14(21)4-5-15(17)22/h3-6,9-11H,7-8H2,1-2H3/b18-10-. The van der Waals surface area contributed by atoms with Crippen molar-refractivity contribution in [2.45, 2.75) is 6.92 Å². The van der Waals surface area contributed by atoms with Gasteiger partial charge in [-0.05, 0) is 37.3 Å². The maximum atomic E-state index is 12.3. The highest BCUT2D eigenvalue weighted by atomic mass is 35.5. The van der Waals surface area contributed by atoms with Gasteiger partial charge in [0.25, 0.3) is 5.91 Å². The van der Waals surface area contributed by atoms with Crippen LogP contribution in [0.25, 0.3) is 6.08 Å². The Hall–Kier alpha value is -1.73. The molecule has 0 saturated carbocycles. The lowest BCUT2D eigenvalue weighted by Gasteiger charge is -2.12. The highest BCUT2D eigenvalue weighted by molar-refractivity contribution is 8.26. The van der Waals surface area contributed by atoms with Gasteiger partial charge in [-0.1, -0.05) is 58.8 Å². The number of benzene rings is 2. The normalized spacial score (nSPS) is 15.4. The first-order valence-electron chi connectivity index (χ1n) is 8.38. The van der Waals surface area contributed by atoms with Gasteiger partial charge in [0.15, 0.2) is 0 Å². The molecule has 1 amide bonds. The van der Waals surface area contributed by atoms with Crippen molar-refractivity contribution in [3.8, 4) is 11.5 Å². The van der Waals surface area contributed by atoms with Crippen LogP contribution in [0.2, 0.25) is 10.0 Å². The van der Waals surface area contributed by atoms with Crippen LogP contribution < -0.4 is 9.47 Å². The second-order valence-electron chi connectivity index (χ2n) is 6.05. The van der Waals surface area contributed by atoms with E-state index in [1.807, 2.05) is 25.1 Å². The third-order valence-corrected chi connectivity index (χ3v) is 5.96. The first-order chi connectivity index (χ1) is 13.3. The third kappa shape index (κ3) is 5.00. The second kappa shape index (κ2) is 9.18. The molecule has 0 atom stereocenters. The largest absolute Gasteiger partial charge is 0.489 e. The molecular formula is C20H17Cl2NO3S2.